The maximum atomic E-state index is 15.1. The van der Waals surface area contributed by atoms with Gasteiger partial charge in [0.1, 0.15) is 5.82 Å². The Bertz CT molecular complexity index is 1020. The van der Waals surface area contributed by atoms with Gasteiger partial charge in [0.2, 0.25) is 0 Å². The standard InChI is InChI=1S/C26H29Cl2FN2O2/c27-20-9-17(10-21(28)13-20)11-22-16-30(7-8-33-22)15-19-12-25(29)24(14-23(19)18-3-4-18)26(32)31-5-1-2-6-31/h9-10,12-14,18,22H,1-8,11,15-16H2/t22-/m1/s1. The van der Waals surface area contributed by atoms with Crippen LogP contribution in [0.4, 0.5) is 4.39 Å². The van der Waals surface area contributed by atoms with Crippen molar-refractivity contribution in [2.75, 3.05) is 32.8 Å². The fourth-order valence-corrected chi connectivity index (χ4v) is 5.65. The molecule has 0 unspecified atom stereocenters. The minimum Gasteiger partial charge on any atom is -0.375 e. The minimum atomic E-state index is -0.398. The van der Waals surface area contributed by atoms with Crippen molar-refractivity contribution in [3.8, 4) is 0 Å². The number of halogens is 3. The highest BCUT2D eigenvalue weighted by Gasteiger charge is 2.31. The molecule has 3 aliphatic rings. The van der Waals surface area contributed by atoms with E-state index in [2.05, 4.69) is 4.90 Å². The lowest BCUT2D eigenvalue weighted by Crippen LogP contribution is -2.43. The molecular formula is C26H29Cl2FN2O2. The zero-order valence-electron chi connectivity index (χ0n) is 18.7. The summed E-state index contributed by atoms with van der Waals surface area (Å²) in [6, 6.07) is 9.03. The molecule has 4 nitrogen and oxygen atoms in total. The van der Waals surface area contributed by atoms with Gasteiger partial charge in [0.05, 0.1) is 18.3 Å². The van der Waals surface area contributed by atoms with Gasteiger partial charge in [-0.1, -0.05) is 23.2 Å². The summed E-state index contributed by atoms with van der Waals surface area (Å²) in [7, 11) is 0. The Morgan fingerprint density at radius 3 is 2.45 bits per heavy atom. The van der Waals surface area contributed by atoms with Crippen molar-refractivity contribution in [3.05, 3.63) is 68.4 Å². The highest BCUT2D eigenvalue weighted by atomic mass is 35.5. The van der Waals surface area contributed by atoms with Crippen molar-refractivity contribution >= 4 is 29.1 Å². The Morgan fingerprint density at radius 2 is 1.76 bits per heavy atom. The topological polar surface area (TPSA) is 32.8 Å². The number of carbonyl (C=O) groups is 1. The van der Waals surface area contributed by atoms with Crippen molar-refractivity contribution in [2.45, 2.75) is 50.7 Å². The molecule has 0 aromatic heterocycles. The molecule has 2 saturated heterocycles. The van der Waals surface area contributed by atoms with Gasteiger partial charge >= 0.3 is 0 Å². The molecular weight excluding hydrogens is 462 g/mol. The average Bonchev–Trinajstić information content (AvgIpc) is 3.45. The van der Waals surface area contributed by atoms with E-state index in [9.17, 15) is 4.79 Å². The van der Waals surface area contributed by atoms with Crippen molar-refractivity contribution in [1.82, 2.24) is 9.80 Å². The lowest BCUT2D eigenvalue weighted by Gasteiger charge is -2.33. The molecule has 2 heterocycles. The first-order valence-electron chi connectivity index (χ1n) is 11.9. The van der Waals surface area contributed by atoms with E-state index >= 15 is 4.39 Å². The highest BCUT2D eigenvalue weighted by Crippen LogP contribution is 2.43. The second-order valence-corrected chi connectivity index (χ2v) is 10.4. The summed E-state index contributed by atoms with van der Waals surface area (Å²) in [6.07, 6.45) is 4.97. The van der Waals surface area contributed by atoms with Crippen LogP contribution in [0.1, 0.15) is 58.6 Å². The number of amides is 1. The summed E-state index contributed by atoms with van der Waals surface area (Å²) in [6.45, 7) is 4.30. The summed E-state index contributed by atoms with van der Waals surface area (Å²) in [5.41, 5.74) is 3.43. The smallest absolute Gasteiger partial charge is 0.256 e. The Hall–Kier alpha value is -1.66. The molecule has 1 atom stereocenters. The summed E-state index contributed by atoms with van der Waals surface area (Å²) >= 11 is 12.3. The Labute approximate surface area is 204 Å². The van der Waals surface area contributed by atoms with E-state index in [0.717, 1.165) is 75.0 Å². The maximum Gasteiger partial charge on any atom is 0.256 e. The molecule has 1 aliphatic carbocycles. The number of likely N-dealkylation sites (tertiary alicyclic amines) is 1. The van der Waals surface area contributed by atoms with E-state index < -0.39 is 5.82 Å². The van der Waals surface area contributed by atoms with Gasteiger partial charge in [0, 0.05) is 42.8 Å². The molecule has 0 N–H and O–H groups in total. The molecule has 176 valence electrons. The van der Waals surface area contributed by atoms with Crippen LogP contribution in [0.5, 0.6) is 0 Å². The van der Waals surface area contributed by atoms with Gasteiger partial charge in [-0.05, 0) is 85.0 Å². The Kier molecular flexibility index (Phi) is 6.94. The second-order valence-electron chi connectivity index (χ2n) is 9.51. The van der Waals surface area contributed by atoms with Gasteiger partial charge in [0.25, 0.3) is 5.91 Å². The quantitative estimate of drug-likeness (QED) is 0.521. The molecule has 3 fully saturated rings. The van der Waals surface area contributed by atoms with E-state index in [1.165, 1.54) is 0 Å². The van der Waals surface area contributed by atoms with Crippen LogP contribution in [-0.2, 0) is 17.7 Å². The van der Waals surface area contributed by atoms with Gasteiger partial charge in [-0.25, -0.2) is 4.39 Å². The zero-order chi connectivity index (χ0) is 22.9. The number of morpholine rings is 1. The number of carbonyl (C=O) groups excluding carboxylic acids is 1. The third kappa shape index (κ3) is 5.54. The van der Waals surface area contributed by atoms with Gasteiger partial charge in [-0.2, -0.15) is 0 Å². The third-order valence-corrected chi connectivity index (χ3v) is 7.31. The van der Waals surface area contributed by atoms with Crippen LogP contribution in [0.2, 0.25) is 10.0 Å². The van der Waals surface area contributed by atoms with Crippen molar-refractivity contribution in [3.63, 3.8) is 0 Å². The van der Waals surface area contributed by atoms with Crippen LogP contribution < -0.4 is 0 Å². The Balaban J connectivity index is 1.30. The van der Waals surface area contributed by atoms with Crippen molar-refractivity contribution in [2.24, 2.45) is 0 Å². The zero-order valence-corrected chi connectivity index (χ0v) is 20.2. The summed E-state index contributed by atoms with van der Waals surface area (Å²) in [5, 5.41) is 1.25. The average molecular weight is 491 g/mol. The Morgan fingerprint density at radius 1 is 1.03 bits per heavy atom. The fourth-order valence-electron chi connectivity index (χ4n) is 5.08. The molecule has 0 radical (unpaired) electrons. The number of nitrogens with zero attached hydrogens (tertiary/aromatic N) is 2. The number of benzene rings is 2. The van der Waals surface area contributed by atoms with Gasteiger partial charge in [-0.15, -0.1) is 0 Å². The number of rotatable bonds is 6. The van der Waals surface area contributed by atoms with Crippen LogP contribution in [0.25, 0.3) is 0 Å². The number of ether oxygens (including phenoxy) is 1. The number of hydrogen-bond acceptors (Lipinski definition) is 3. The fraction of sp³-hybridized carbons (Fsp3) is 0.500. The first-order chi connectivity index (χ1) is 16.0. The third-order valence-electron chi connectivity index (χ3n) is 6.87. The maximum absolute atomic E-state index is 15.1. The van der Waals surface area contributed by atoms with E-state index in [-0.39, 0.29) is 17.6 Å². The van der Waals surface area contributed by atoms with Gasteiger partial charge in [-0.3, -0.25) is 9.69 Å². The molecule has 1 amide bonds. The number of hydrogen-bond donors (Lipinski definition) is 0. The first kappa shape index (κ1) is 23.1. The molecule has 1 saturated carbocycles. The van der Waals surface area contributed by atoms with Crippen molar-refractivity contribution in [1.29, 1.82) is 0 Å². The van der Waals surface area contributed by atoms with Crippen LogP contribution in [0, 0.1) is 5.82 Å². The van der Waals surface area contributed by atoms with E-state index in [0.29, 0.717) is 29.1 Å². The summed E-state index contributed by atoms with van der Waals surface area (Å²) in [4.78, 5) is 17.0. The second kappa shape index (κ2) is 9.91. The van der Waals surface area contributed by atoms with Crippen molar-refractivity contribution < 1.29 is 13.9 Å². The molecule has 2 aromatic rings. The summed E-state index contributed by atoms with van der Waals surface area (Å²) in [5.74, 6) is -0.120. The van der Waals surface area contributed by atoms with Gasteiger partial charge < -0.3 is 9.64 Å². The normalized spacial score (nSPS) is 21.5. The molecule has 2 aliphatic heterocycles. The van der Waals surface area contributed by atoms with Gasteiger partial charge in [0.15, 0.2) is 0 Å². The molecule has 33 heavy (non-hydrogen) atoms. The van der Waals surface area contributed by atoms with Crippen LogP contribution in [-0.4, -0.2) is 54.6 Å². The lowest BCUT2D eigenvalue weighted by molar-refractivity contribution is -0.0305. The largest absolute Gasteiger partial charge is 0.375 e. The minimum absolute atomic E-state index is 0.0264. The molecule has 0 spiro atoms. The monoisotopic (exact) mass is 490 g/mol. The predicted octanol–water partition coefficient (Wildman–Crippen LogP) is 5.69. The predicted molar refractivity (Wildman–Crippen MR) is 129 cm³/mol. The first-order valence-corrected chi connectivity index (χ1v) is 12.6. The van der Waals surface area contributed by atoms with Crippen LogP contribution in [0.3, 0.4) is 0 Å². The van der Waals surface area contributed by atoms with E-state index in [4.69, 9.17) is 27.9 Å². The van der Waals surface area contributed by atoms with E-state index in [1.54, 1.807) is 17.0 Å². The SMILES string of the molecule is O=C(c1cc(C2CC2)c(CN2CCO[C@H](Cc3cc(Cl)cc(Cl)c3)C2)cc1F)N1CCCC1. The van der Waals surface area contributed by atoms with Crippen LogP contribution in [0.15, 0.2) is 30.3 Å². The summed E-state index contributed by atoms with van der Waals surface area (Å²) < 4.78 is 21.1. The lowest BCUT2D eigenvalue weighted by atomic mass is 9.97. The highest BCUT2D eigenvalue weighted by molar-refractivity contribution is 6.34. The van der Waals surface area contributed by atoms with E-state index in [1.807, 2.05) is 18.2 Å². The molecule has 0 bridgehead atoms. The molecule has 2 aromatic carbocycles. The molecule has 5 rings (SSSR count). The van der Waals surface area contributed by atoms with Crippen LogP contribution >= 0.6 is 23.2 Å². The molecule has 7 heteroatoms.